The first-order chi connectivity index (χ1) is 9.97. The summed E-state index contributed by atoms with van der Waals surface area (Å²) in [5, 5.41) is 0. The average Bonchev–Trinajstić information content (AvgIpc) is 2.90. The zero-order valence-electron chi connectivity index (χ0n) is 11.7. The van der Waals surface area contributed by atoms with Gasteiger partial charge in [0.15, 0.2) is 11.7 Å². The summed E-state index contributed by atoms with van der Waals surface area (Å²) < 4.78 is 22.8. The number of hydrogen-bond donors (Lipinski definition) is 0. The maximum absolute atomic E-state index is 12.2. The predicted octanol–water partition coefficient (Wildman–Crippen LogP) is 0.758. The minimum Gasteiger partial charge on any atom is -0.452 e. The van der Waals surface area contributed by atoms with Crippen LogP contribution in [-0.2, 0) is 28.5 Å². The summed E-state index contributed by atoms with van der Waals surface area (Å²) in [6.45, 7) is 3.63. The summed E-state index contributed by atoms with van der Waals surface area (Å²) in [4.78, 5) is 24.2. The molecular weight excluding hydrogens is 276 g/mol. The maximum atomic E-state index is 12.2. The van der Waals surface area contributed by atoms with Crippen molar-refractivity contribution in [1.82, 2.24) is 0 Å². The van der Waals surface area contributed by atoms with Gasteiger partial charge < -0.3 is 18.9 Å². The quantitative estimate of drug-likeness (QED) is 0.372. The van der Waals surface area contributed by atoms with Crippen LogP contribution >= 0.6 is 0 Å². The second-order valence-corrected chi connectivity index (χ2v) is 6.38. The molecule has 0 radical (unpaired) electrons. The summed E-state index contributed by atoms with van der Waals surface area (Å²) in [7, 11) is 0. The number of ether oxygens (including phenoxy) is 4. The van der Waals surface area contributed by atoms with Crippen LogP contribution in [0.1, 0.15) is 26.7 Å². The lowest BCUT2D eigenvalue weighted by Gasteiger charge is -2.29. The lowest BCUT2D eigenvalue weighted by Crippen LogP contribution is -2.39. The molecule has 5 atom stereocenters. The third kappa shape index (κ3) is 1.18. The standard InChI is InChI=1S/C15H14O6/c1-6-5-15-9(7(2)12(16)21-15)10-11-14(20-11,13(17)18-10)4-3-8(6)19-15/h5,8,10-11H,3-4H2,1-2H3/t8-,10+,11?,14+,15+/m1/s1. The predicted molar refractivity (Wildman–Crippen MR) is 66.9 cm³/mol. The van der Waals surface area contributed by atoms with Crippen molar-refractivity contribution in [3.63, 3.8) is 0 Å². The molecule has 5 heterocycles. The van der Waals surface area contributed by atoms with Crippen molar-refractivity contribution in [2.75, 3.05) is 0 Å². The molecule has 0 aromatic rings. The number of epoxide rings is 1. The Morgan fingerprint density at radius 3 is 2.81 bits per heavy atom. The zero-order chi connectivity index (χ0) is 14.6. The Bertz CT molecular complexity index is 676. The van der Waals surface area contributed by atoms with Gasteiger partial charge in [-0.1, -0.05) is 0 Å². The molecule has 5 aliphatic rings. The molecule has 1 unspecified atom stereocenters. The van der Waals surface area contributed by atoms with E-state index in [-0.39, 0.29) is 18.2 Å². The van der Waals surface area contributed by atoms with Crippen LogP contribution in [0.15, 0.2) is 22.8 Å². The first kappa shape index (κ1) is 11.9. The van der Waals surface area contributed by atoms with Crippen LogP contribution in [0.3, 0.4) is 0 Å². The van der Waals surface area contributed by atoms with Gasteiger partial charge in [0.1, 0.15) is 6.10 Å². The van der Waals surface area contributed by atoms with Crippen LogP contribution in [0.4, 0.5) is 0 Å². The minimum atomic E-state index is -1.22. The molecule has 6 nitrogen and oxygen atoms in total. The molecule has 0 aromatic carbocycles. The van der Waals surface area contributed by atoms with Crippen LogP contribution in [0.25, 0.3) is 0 Å². The summed E-state index contributed by atoms with van der Waals surface area (Å²) in [5.41, 5.74) is 1.22. The number of carbonyl (C=O) groups excluding carboxylic acids is 2. The highest BCUT2D eigenvalue weighted by atomic mass is 16.7. The van der Waals surface area contributed by atoms with Gasteiger partial charge in [0.05, 0.1) is 11.7 Å². The van der Waals surface area contributed by atoms with Crippen molar-refractivity contribution in [3.8, 4) is 0 Å². The van der Waals surface area contributed by atoms with Gasteiger partial charge >= 0.3 is 11.9 Å². The third-order valence-corrected chi connectivity index (χ3v) is 5.23. The van der Waals surface area contributed by atoms with Crippen molar-refractivity contribution in [1.29, 1.82) is 0 Å². The number of carbonyl (C=O) groups is 2. The molecule has 0 saturated carbocycles. The van der Waals surface area contributed by atoms with Crippen molar-refractivity contribution >= 4 is 11.9 Å². The van der Waals surface area contributed by atoms with Gasteiger partial charge in [-0.15, -0.1) is 0 Å². The summed E-state index contributed by atoms with van der Waals surface area (Å²) >= 11 is 0. The molecule has 6 heteroatoms. The van der Waals surface area contributed by atoms with E-state index in [2.05, 4.69) is 0 Å². The molecule has 3 saturated heterocycles. The molecule has 21 heavy (non-hydrogen) atoms. The second kappa shape index (κ2) is 3.23. The van der Waals surface area contributed by atoms with Crippen LogP contribution in [0, 0.1) is 0 Å². The SMILES string of the molecule is CC1=C[C@]23OC(=O)C(C)=C2[C@@H]2OC(=O)[C@@]4(CC[C@H]1O3)OC24. The van der Waals surface area contributed by atoms with E-state index in [1.807, 2.05) is 13.0 Å². The number of fused-ring (bicyclic) bond motifs is 2. The Balaban J connectivity index is 1.73. The van der Waals surface area contributed by atoms with E-state index in [0.29, 0.717) is 24.0 Å². The Morgan fingerprint density at radius 1 is 1.24 bits per heavy atom. The monoisotopic (exact) mass is 290 g/mol. The fraction of sp³-hybridized carbons (Fsp3) is 0.600. The largest absolute Gasteiger partial charge is 0.452 e. The van der Waals surface area contributed by atoms with E-state index >= 15 is 0 Å². The number of hydrogen-bond acceptors (Lipinski definition) is 6. The molecule has 1 spiro atoms. The lowest BCUT2D eigenvalue weighted by molar-refractivity contribution is -0.192. The molecular formula is C15H14O6. The summed E-state index contributed by atoms with van der Waals surface area (Å²) in [5.74, 6) is -1.97. The molecule has 4 bridgehead atoms. The Morgan fingerprint density at radius 2 is 2.05 bits per heavy atom. The van der Waals surface area contributed by atoms with Gasteiger partial charge in [0.2, 0.25) is 0 Å². The second-order valence-electron chi connectivity index (χ2n) is 6.38. The van der Waals surface area contributed by atoms with Crippen LogP contribution < -0.4 is 0 Å². The molecule has 0 N–H and O–H groups in total. The summed E-state index contributed by atoms with van der Waals surface area (Å²) in [6.07, 6.45) is 1.97. The van der Waals surface area contributed by atoms with E-state index in [1.54, 1.807) is 6.92 Å². The Labute approximate surface area is 120 Å². The van der Waals surface area contributed by atoms with E-state index in [9.17, 15) is 9.59 Å². The molecule has 3 fully saturated rings. The molecule has 0 aliphatic carbocycles. The highest BCUT2D eigenvalue weighted by Gasteiger charge is 2.76. The van der Waals surface area contributed by atoms with Gasteiger partial charge in [-0.3, -0.25) is 0 Å². The van der Waals surface area contributed by atoms with E-state index in [0.717, 1.165) is 5.57 Å². The molecule has 5 aliphatic heterocycles. The van der Waals surface area contributed by atoms with Gasteiger partial charge in [0, 0.05) is 5.57 Å². The Hall–Kier alpha value is -1.66. The van der Waals surface area contributed by atoms with E-state index in [1.165, 1.54) is 0 Å². The van der Waals surface area contributed by atoms with Crippen molar-refractivity contribution < 1.29 is 28.5 Å². The van der Waals surface area contributed by atoms with Crippen molar-refractivity contribution in [2.24, 2.45) is 0 Å². The van der Waals surface area contributed by atoms with Crippen molar-refractivity contribution in [2.45, 2.75) is 56.4 Å². The molecule has 0 aromatic heterocycles. The fourth-order valence-corrected chi connectivity index (χ4v) is 4.06. The Kier molecular flexibility index (Phi) is 1.83. The highest BCUT2D eigenvalue weighted by molar-refractivity contribution is 5.94. The average molecular weight is 290 g/mol. The molecule has 5 rings (SSSR count). The number of rotatable bonds is 0. The first-order valence-electron chi connectivity index (χ1n) is 7.17. The fourth-order valence-electron chi connectivity index (χ4n) is 4.06. The smallest absolute Gasteiger partial charge is 0.342 e. The number of esters is 2. The zero-order valence-corrected chi connectivity index (χ0v) is 11.7. The summed E-state index contributed by atoms with van der Waals surface area (Å²) in [6, 6.07) is 0. The van der Waals surface area contributed by atoms with Gasteiger partial charge in [0.25, 0.3) is 5.79 Å². The van der Waals surface area contributed by atoms with Crippen LogP contribution in [0.5, 0.6) is 0 Å². The maximum Gasteiger partial charge on any atom is 0.342 e. The molecule has 110 valence electrons. The van der Waals surface area contributed by atoms with Gasteiger partial charge in [-0.05, 0) is 38.3 Å². The van der Waals surface area contributed by atoms with E-state index in [4.69, 9.17) is 18.9 Å². The lowest BCUT2D eigenvalue weighted by atomic mass is 9.89. The van der Waals surface area contributed by atoms with Crippen LogP contribution in [0.2, 0.25) is 0 Å². The normalized spacial score (nSPS) is 49.6. The van der Waals surface area contributed by atoms with E-state index < -0.39 is 23.5 Å². The van der Waals surface area contributed by atoms with Crippen LogP contribution in [-0.4, -0.2) is 41.6 Å². The van der Waals surface area contributed by atoms with Gasteiger partial charge in [-0.2, -0.15) is 0 Å². The van der Waals surface area contributed by atoms with Gasteiger partial charge in [-0.25, -0.2) is 9.59 Å². The highest BCUT2D eigenvalue weighted by Crippen LogP contribution is 2.58. The first-order valence-corrected chi connectivity index (χ1v) is 7.17. The minimum absolute atomic E-state index is 0.162. The topological polar surface area (TPSA) is 74.4 Å². The third-order valence-electron chi connectivity index (χ3n) is 5.23. The van der Waals surface area contributed by atoms with Crippen molar-refractivity contribution in [3.05, 3.63) is 22.8 Å². The molecule has 0 amide bonds.